The average molecular weight is 687 g/mol. The number of hydrogen-bond donors (Lipinski definition) is 0. The number of thiophene rings is 2. The summed E-state index contributed by atoms with van der Waals surface area (Å²) >= 11 is 3.71. The van der Waals surface area contributed by atoms with Crippen LogP contribution in [-0.2, 0) is 0 Å². The second-order valence-electron chi connectivity index (χ2n) is 12.8. The molecule has 0 saturated carbocycles. The molecule has 0 bridgehead atoms. The van der Waals surface area contributed by atoms with E-state index < -0.39 is 0 Å². The third-order valence-corrected chi connectivity index (χ3v) is 12.1. The van der Waals surface area contributed by atoms with Gasteiger partial charge in [-0.2, -0.15) is 0 Å². The minimum Gasteiger partial charge on any atom is -0.309 e. The third kappa shape index (κ3) is 4.40. The molecule has 238 valence electrons. The quantitative estimate of drug-likeness (QED) is 0.185. The van der Waals surface area contributed by atoms with Gasteiger partial charge in [0.25, 0.3) is 0 Å². The highest BCUT2D eigenvalue weighted by molar-refractivity contribution is 7.28. The predicted molar refractivity (Wildman–Crippen MR) is 216 cm³/mol. The molecule has 0 spiro atoms. The van der Waals surface area contributed by atoms with Crippen LogP contribution in [0.25, 0.3) is 102 Å². The first kappa shape index (κ1) is 28.6. The van der Waals surface area contributed by atoms with Crippen LogP contribution in [0.5, 0.6) is 0 Å². The molecule has 0 unspecified atom stereocenters. The third-order valence-electron chi connectivity index (χ3n) is 9.85. The molecular weight excluding hydrogens is 661 g/mol. The summed E-state index contributed by atoms with van der Waals surface area (Å²) in [5.41, 5.74) is 6.53. The summed E-state index contributed by atoms with van der Waals surface area (Å²) in [4.78, 5) is 15.0. The molecule has 4 aromatic heterocycles. The first-order valence-electron chi connectivity index (χ1n) is 16.9. The van der Waals surface area contributed by atoms with Gasteiger partial charge in [-0.1, -0.05) is 103 Å². The number of rotatable bonds is 4. The van der Waals surface area contributed by atoms with E-state index in [1.165, 1.54) is 67.8 Å². The maximum absolute atomic E-state index is 5.06. The first-order chi connectivity index (χ1) is 25.3. The van der Waals surface area contributed by atoms with Gasteiger partial charge in [0.2, 0.25) is 0 Å². The van der Waals surface area contributed by atoms with Crippen molar-refractivity contribution in [3.63, 3.8) is 0 Å². The minimum atomic E-state index is 0.664. The maximum Gasteiger partial charge on any atom is 0.164 e. The molecule has 0 aliphatic carbocycles. The lowest BCUT2D eigenvalue weighted by Crippen LogP contribution is -2.00. The smallest absolute Gasteiger partial charge is 0.164 e. The Kier molecular flexibility index (Phi) is 6.26. The van der Waals surface area contributed by atoms with Crippen molar-refractivity contribution in [3.8, 4) is 39.9 Å². The van der Waals surface area contributed by atoms with Crippen molar-refractivity contribution in [1.29, 1.82) is 0 Å². The molecule has 51 heavy (non-hydrogen) atoms. The van der Waals surface area contributed by atoms with Crippen molar-refractivity contribution < 1.29 is 0 Å². The van der Waals surface area contributed by atoms with Crippen LogP contribution in [0, 0.1) is 0 Å². The van der Waals surface area contributed by atoms with Crippen molar-refractivity contribution in [2.75, 3.05) is 0 Å². The first-order valence-corrected chi connectivity index (χ1v) is 18.6. The Balaban J connectivity index is 1.20. The van der Waals surface area contributed by atoms with E-state index in [0.717, 1.165) is 16.7 Å². The molecule has 0 radical (unpaired) electrons. The van der Waals surface area contributed by atoms with Crippen molar-refractivity contribution in [1.82, 2.24) is 19.5 Å². The van der Waals surface area contributed by atoms with Gasteiger partial charge in [-0.25, -0.2) is 15.0 Å². The van der Waals surface area contributed by atoms with Gasteiger partial charge in [0, 0.05) is 67.8 Å². The number of para-hydroxylation sites is 2. The second-order valence-corrected chi connectivity index (χ2v) is 15.0. The number of benzene rings is 7. The second kappa shape index (κ2) is 11.2. The summed E-state index contributed by atoms with van der Waals surface area (Å²) in [5.74, 6) is 1.99. The van der Waals surface area contributed by atoms with Crippen LogP contribution in [0.4, 0.5) is 0 Å². The van der Waals surface area contributed by atoms with Crippen LogP contribution < -0.4 is 0 Å². The lowest BCUT2D eigenvalue weighted by molar-refractivity contribution is 1.07. The van der Waals surface area contributed by atoms with Crippen molar-refractivity contribution in [2.45, 2.75) is 0 Å². The molecule has 4 heterocycles. The van der Waals surface area contributed by atoms with Gasteiger partial charge < -0.3 is 4.57 Å². The number of fused-ring (bicyclic) bond motifs is 10. The zero-order chi connectivity index (χ0) is 33.5. The molecular formula is C45H26N4S2. The molecule has 0 N–H and O–H groups in total. The van der Waals surface area contributed by atoms with E-state index >= 15 is 0 Å². The van der Waals surface area contributed by atoms with Crippen molar-refractivity contribution in [3.05, 3.63) is 158 Å². The standard InChI is InChI=1S/C45H26N4S2/c1-3-12-27(13-4-1)43-46-44(28-14-5-2-6-15-28)48-45(47-43)29-22-23-36-32(26-29)40-38(50-36)24-25-39-42(40)41-35(20-11-21-37(41)51-39)49-33-18-9-7-16-30(33)31-17-8-10-19-34(31)49/h1-26H. The highest BCUT2D eigenvalue weighted by atomic mass is 32.1. The Morgan fingerprint density at radius 3 is 1.51 bits per heavy atom. The molecule has 4 nitrogen and oxygen atoms in total. The van der Waals surface area contributed by atoms with E-state index in [-0.39, 0.29) is 0 Å². The Labute approximate surface area is 300 Å². The molecule has 0 aliphatic heterocycles. The summed E-state index contributed by atoms with van der Waals surface area (Å²) in [6.07, 6.45) is 0. The van der Waals surface area contributed by atoms with E-state index in [0.29, 0.717) is 17.5 Å². The van der Waals surface area contributed by atoms with Crippen LogP contribution in [0.15, 0.2) is 158 Å². The Hall–Kier alpha value is -6.21. The molecule has 11 aromatic rings. The van der Waals surface area contributed by atoms with Crippen molar-refractivity contribution in [2.24, 2.45) is 0 Å². The summed E-state index contributed by atoms with van der Waals surface area (Å²) in [6.45, 7) is 0. The Bertz CT molecular complexity index is 3030. The highest BCUT2D eigenvalue weighted by Crippen LogP contribution is 2.47. The molecule has 7 aromatic carbocycles. The van der Waals surface area contributed by atoms with Crippen LogP contribution in [0.2, 0.25) is 0 Å². The highest BCUT2D eigenvalue weighted by Gasteiger charge is 2.20. The molecule has 0 amide bonds. The largest absolute Gasteiger partial charge is 0.309 e. The van der Waals surface area contributed by atoms with E-state index in [2.05, 4.69) is 126 Å². The minimum absolute atomic E-state index is 0.664. The summed E-state index contributed by atoms with van der Waals surface area (Å²) in [5, 5.41) is 7.63. The lowest BCUT2D eigenvalue weighted by Gasteiger charge is -2.11. The number of aromatic nitrogens is 4. The van der Waals surface area contributed by atoms with Gasteiger partial charge in [-0.3, -0.25) is 0 Å². The number of hydrogen-bond acceptors (Lipinski definition) is 5. The number of nitrogens with zero attached hydrogens (tertiary/aromatic N) is 4. The topological polar surface area (TPSA) is 43.6 Å². The fourth-order valence-electron chi connectivity index (χ4n) is 7.60. The zero-order valence-corrected chi connectivity index (χ0v) is 28.7. The molecule has 0 aliphatic rings. The van der Waals surface area contributed by atoms with E-state index in [4.69, 9.17) is 15.0 Å². The van der Waals surface area contributed by atoms with Crippen LogP contribution >= 0.6 is 22.7 Å². The van der Waals surface area contributed by atoms with E-state index in [1.54, 1.807) is 0 Å². The van der Waals surface area contributed by atoms with Crippen LogP contribution in [0.1, 0.15) is 0 Å². The molecule has 0 fully saturated rings. The molecule has 0 atom stereocenters. The van der Waals surface area contributed by atoms with E-state index in [1.807, 2.05) is 59.1 Å². The monoisotopic (exact) mass is 686 g/mol. The van der Waals surface area contributed by atoms with Gasteiger partial charge in [0.1, 0.15) is 0 Å². The fourth-order valence-corrected chi connectivity index (χ4v) is 9.83. The normalized spacial score (nSPS) is 11.9. The summed E-state index contributed by atoms with van der Waals surface area (Å²) in [6, 6.07) is 55.9. The fraction of sp³-hybridized carbons (Fsp3) is 0. The van der Waals surface area contributed by atoms with Gasteiger partial charge in [-0.05, 0) is 54.6 Å². The molecule has 6 heteroatoms. The summed E-state index contributed by atoms with van der Waals surface area (Å²) in [7, 11) is 0. The van der Waals surface area contributed by atoms with Gasteiger partial charge in [0.05, 0.1) is 16.7 Å². The van der Waals surface area contributed by atoms with Gasteiger partial charge in [0.15, 0.2) is 17.5 Å². The van der Waals surface area contributed by atoms with Gasteiger partial charge in [-0.15, -0.1) is 22.7 Å². The van der Waals surface area contributed by atoms with Crippen LogP contribution in [-0.4, -0.2) is 19.5 Å². The molecule has 11 rings (SSSR count). The van der Waals surface area contributed by atoms with E-state index in [9.17, 15) is 0 Å². The predicted octanol–water partition coefficient (Wildman–Crippen LogP) is 12.7. The maximum atomic E-state index is 5.06. The SMILES string of the molecule is c1ccc(-c2nc(-c3ccccc3)nc(-c3ccc4sc5ccc6sc7cccc(-n8c9ccccc9c9ccccc98)c7c6c5c4c3)n2)cc1. The lowest BCUT2D eigenvalue weighted by atomic mass is 10.0. The van der Waals surface area contributed by atoms with Crippen molar-refractivity contribution >= 4 is 84.8 Å². The Morgan fingerprint density at radius 2 is 0.863 bits per heavy atom. The van der Waals surface area contributed by atoms with Crippen LogP contribution in [0.3, 0.4) is 0 Å². The zero-order valence-electron chi connectivity index (χ0n) is 27.1. The average Bonchev–Trinajstić information content (AvgIpc) is 3.87. The summed E-state index contributed by atoms with van der Waals surface area (Å²) < 4.78 is 7.55. The molecule has 0 saturated heterocycles. The Morgan fingerprint density at radius 1 is 0.353 bits per heavy atom. The van der Waals surface area contributed by atoms with Gasteiger partial charge >= 0.3 is 0 Å².